The Morgan fingerprint density at radius 2 is 1.71 bits per heavy atom. The van der Waals surface area contributed by atoms with Crippen molar-refractivity contribution in [2.75, 3.05) is 20.3 Å². The predicted molar refractivity (Wildman–Crippen MR) is 106 cm³/mol. The molecule has 0 aromatic rings. The third kappa shape index (κ3) is 12.7. The summed E-state index contributed by atoms with van der Waals surface area (Å²) in [4.78, 5) is 10.2. The molecule has 0 saturated carbocycles. The summed E-state index contributed by atoms with van der Waals surface area (Å²) in [6.45, 7) is 15.0. The van der Waals surface area contributed by atoms with Gasteiger partial charge in [0.1, 0.15) is 12.9 Å². The Kier molecular flexibility index (Phi) is 17.8. The van der Waals surface area contributed by atoms with E-state index in [1.165, 1.54) is 5.57 Å². The van der Waals surface area contributed by atoms with E-state index in [0.29, 0.717) is 12.5 Å². The number of rotatable bonds is 11. The second-order valence-corrected chi connectivity index (χ2v) is 5.07. The highest BCUT2D eigenvalue weighted by molar-refractivity contribution is 5.50. The van der Waals surface area contributed by atoms with Crippen LogP contribution >= 0.6 is 0 Å². The van der Waals surface area contributed by atoms with Gasteiger partial charge in [0.15, 0.2) is 0 Å². The summed E-state index contributed by atoms with van der Waals surface area (Å²) >= 11 is 0. The molecule has 2 unspecified atom stereocenters. The number of aldehydes is 1. The summed E-state index contributed by atoms with van der Waals surface area (Å²) in [7, 11) is 1.83. The maximum atomic E-state index is 10.2. The molecule has 0 heterocycles. The number of likely N-dealkylation sites (N-methyl/N-ethyl adjacent to an activating group) is 1. The number of carbonyl (C=O) groups excluding carboxylic acids is 1. The third-order valence-electron chi connectivity index (χ3n) is 3.33. The van der Waals surface area contributed by atoms with Gasteiger partial charge in [-0.3, -0.25) is 0 Å². The fourth-order valence-electron chi connectivity index (χ4n) is 1.76. The Morgan fingerprint density at radius 3 is 2.21 bits per heavy atom. The molecule has 0 radical (unpaired) electrons. The number of allylic oxidation sites excluding steroid dienone is 8. The highest BCUT2D eigenvalue weighted by atomic mass is 16.5. The smallest absolute Gasteiger partial charge is 0.145 e. The number of hydrogen-bond acceptors (Lipinski definition) is 3. The van der Waals surface area contributed by atoms with Gasteiger partial charge >= 0.3 is 0 Å². The maximum Gasteiger partial charge on any atom is 0.145 e. The van der Waals surface area contributed by atoms with E-state index in [-0.39, 0.29) is 12.5 Å². The molecule has 0 spiro atoms. The van der Waals surface area contributed by atoms with Crippen LogP contribution in [0.25, 0.3) is 0 Å². The summed E-state index contributed by atoms with van der Waals surface area (Å²) < 4.78 is 5.17. The van der Waals surface area contributed by atoms with E-state index in [1.54, 1.807) is 0 Å². The molecule has 0 aromatic heterocycles. The van der Waals surface area contributed by atoms with Crippen molar-refractivity contribution < 1.29 is 9.53 Å². The van der Waals surface area contributed by atoms with Gasteiger partial charge in [-0.1, -0.05) is 76.3 Å². The minimum absolute atomic E-state index is 0.117. The molecule has 1 N–H and O–H groups in total. The molecule has 0 saturated heterocycles. The van der Waals surface area contributed by atoms with Crippen LogP contribution in [-0.2, 0) is 9.53 Å². The Morgan fingerprint density at radius 1 is 1.12 bits per heavy atom. The van der Waals surface area contributed by atoms with Crippen molar-refractivity contribution in [1.29, 1.82) is 0 Å². The topological polar surface area (TPSA) is 38.3 Å². The summed E-state index contributed by atoms with van der Waals surface area (Å²) in [6, 6.07) is 0. The zero-order valence-electron chi connectivity index (χ0n) is 16.2. The van der Waals surface area contributed by atoms with Gasteiger partial charge in [0.2, 0.25) is 0 Å². The summed E-state index contributed by atoms with van der Waals surface area (Å²) in [5, 5.41) is 3.05. The van der Waals surface area contributed by atoms with Crippen molar-refractivity contribution in [2.45, 2.75) is 34.6 Å². The fourth-order valence-corrected chi connectivity index (χ4v) is 1.76. The van der Waals surface area contributed by atoms with Gasteiger partial charge in [-0.2, -0.15) is 0 Å². The molecule has 3 heteroatoms. The second kappa shape index (κ2) is 17.5. The molecule has 0 aliphatic carbocycles. The van der Waals surface area contributed by atoms with Gasteiger partial charge in [0.25, 0.3) is 0 Å². The van der Waals surface area contributed by atoms with Crippen LogP contribution in [0.5, 0.6) is 0 Å². The maximum absolute atomic E-state index is 10.2. The molecular formula is C21H35NO2. The summed E-state index contributed by atoms with van der Waals surface area (Å²) in [5.41, 5.74) is 2.10. The lowest BCUT2D eigenvalue weighted by Gasteiger charge is -2.15. The molecular weight excluding hydrogens is 298 g/mol. The molecule has 2 atom stereocenters. The first kappa shape index (κ1) is 24.4. The van der Waals surface area contributed by atoms with Crippen LogP contribution in [0.1, 0.15) is 34.6 Å². The van der Waals surface area contributed by atoms with Crippen LogP contribution in [0.2, 0.25) is 0 Å². The number of nitrogens with one attached hydrogen (secondary N) is 1. The van der Waals surface area contributed by atoms with Crippen molar-refractivity contribution in [3.05, 3.63) is 60.4 Å². The molecule has 0 fully saturated rings. The van der Waals surface area contributed by atoms with E-state index in [1.807, 2.05) is 52.1 Å². The lowest BCUT2D eigenvalue weighted by Crippen LogP contribution is -2.12. The average Bonchev–Trinajstić information content (AvgIpc) is 2.61. The molecule has 0 bridgehead atoms. The van der Waals surface area contributed by atoms with Crippen LogP contribution in [-0.4, -0.2) is 26.5 Å². The van der Waals surface area contributed by atoms with Crippen molar-refractivity contribution in [1.82, 2.24) is 5.32 Å². The van der Waals surface area contributed by atoms with E-state index >= 15 is 0 Å². The fraction of sp³-hybridized carbons (Fsp3) is 0.476. The van der Waals surface area contributed by atoms with Gasteiger partial charge in [-0.25, -0.2) is 0 Å². The Bertz CT molecular complexity index is 445. The molecule has 0 aromatic carbocycles. The second-order valence-electron chi connectivity index (χ2n) is 5.07. The molecule has 0 amide bonds. The Balaban J connectivity index is 0. The lowest BCUT2D eigenvalue weighted by molar-refractivity contribution is -0.111. The number of carbonyl (C=O) groups is 1. The largest absolute Gasteiger partial charge is 0.390 e. The van der Waals surface area contributed by atoms with E-state index < -0.39 is 0 Å². The average molecular weight is 334 g/mol. The van der Waals surface area contributed by atoms with Gasteiger partial charge in [0, 0.05) is 12.7 Å². The molecule has 0 aliphatic rings. The van der Waals surface area contributed by atoms with Gasteiger partial charge in [-0.15, -0.1) is 0 Å². The van der Waals surface area contributed by atoms with Crippen LogP contribution in [0.15, 0.2) is 60.4 Å². The van der Waals surface area contributed by atoms with Crippen LogP contribution in [0.3, 0.4) is 0 Å². The third-order valence-corrected chi connectivity index (χ3v) is 3.33. The quantitative estimate of drug-likeness (QED) is 0.254. The van der Waals surface area contributed by atoms with Crippen molar-refractivity contribution >= 4 is 6.29 Å². The Labute approximate surface area is 148 Å². The van der Waals surface area contributed by atoms with Crippen LogP contribution < -0.4 is 5.32 Å². The zero-order chi connectivity index (χ0) is 18.8. The zero-order valence-corrected chi connectivity index (χ0v) is 16.2. The van der Waals surface area contributed by atoms with Crippen molar-refractivity contribution in [2.24, 2.45) is 11.8 Å². The van der Waals surface area contributed by atoms with E-state index in [9.17, 15) is 4.79 Å². The number of hydrogen-bond donors (Lipinski definition) is 1. The summed E-state index contributed by atoms with van der Waals surface area (Å²) in [6.07, 6.45) is 15.0. The monoisotopic (exact) mass is 333 g/mol. The first-order valence-corrected chi connectivity index (χ1v) is 8.61. The molecule has 24 heavy (non-hydrogen) atoms. The highest BCUT2D eigenvalue weighted by Crippen LogP contribution is 2.20. The Hall–Kier alpha value is -1.87. The van der Waals surface area contributed by atoms with E-state index in [4.69, 9.17) is 4.74 Å². The molecule has 0 rings (SSSR count). The lowest BCUT2D eigenvalue weighted by atomic mass is 9.91. The van der Waals surface area contributed by atoms with E-state index in [0.717, 1.165) is 12.0 Å². The number of ether oxygens (including phenoxy) is 1. The van der Waals surface area contributed by atoms with Crippen LogP contribution in [0, 0.1) is 11.8 Å². The van der Waals surface area contributed by atoms with Gasteiger partial charge in [-0.05, 0) is 24.8 Å². The molecule has 0 aliphatic heterocycles. The highest BCUT2D eigenvalue weighted by Gasteiger charge is 2.08. The predicted octanol–water partition coefficient (Wildman–Crippen LogP) is 4.85. The van der Waals surface area contributed by atoms with Gasteiger partial charge in [0.05, 0.1) is 6.61 Å². The van der Waals surface area contributed by atoms with Crippen LogP contribution in [0.4, 0.5) is 0 Å². The van der Waals surface area contributed by atoms with Crippen molar-refractivity contribution in [3.63, 3.8) is 0 Å². The molecule has 136 valence electrons. The first-order chi connectivity index (χ1) is 11.6. The minimum atomic E-state index is 0.117. The minimum Gasteiger partial charge on any atom is -0.390 e. The van der Waals surface area contributed by atoms with Gasteiger partial charge < -0.3 is 14.8 Å². The SMILES string of the molecule is C=C(C(C)/C=C\C=C/C)C(C)/C=C\C=C(\COCC=O)NC.CC. The normalized spacial score (nSPS) is 14.5. The standard InChI is InChI=1S/C19H29NO2.C2H6/c1-6-7-8-10-16(2)18(4)17(3)11-9-12-19(20-5)15-22-14-13-21;1-2/h6-13,16-17,20H,4,14-15H2,1-3,5H3;1-2H3/b7-6-,10-8-,11-9-,19-12-;. The van der Waals surface area contributed by atoms with E-state index in [2.05, 4.69) is 44.0 Å². The molecule has 3 nitrogen and oxygen atoms in total. The van der Waals surface area contributed by atoms with Crippen molar-refractivity contribution in [3.8, 4) is 0 Å². The summed E-state index contributed by atoms with van der Waals surface area (Å²) in [5.74, 6) is 0.620. The first-order valence-electron chi connectivity index (χ1n) is 8.61.